The minimum atomic E-state index is -0.955. The molecular weight excluding hydrogens is 472 g/mol. The summed E-state index contributed by atoms with van der Waals surface area (Å²) in [6, 6.07) is 18.8. The van der Waals surface area contributed by atoms with E-state index < -0.39 is 40.7 Å². The minimum absolute atomic E-state index is 0.0978. The molecule has 3 amide bonds. The maximum absolute atomic E-state index is 13.8. The quantitative estimate of drug-likeness (QED) is 0.334. The zero-order valence-electron chi connectivity index (χ0n) is 19.8. The van der Waals surface area contributed by atoms with Crippen LogP contribution in [0.25, 0.3) is 6.08 Å². The van der Waals surface area contributed by atoms with E-state index in [0.717, 1.165) is 16.8 Å². The number of non-ortho nitro benzene ring substituents is 1. The van der Waals surface area contributed by atoms with Gasteiger partial charge in [0.2, 0.25) is 17.7 Å². The van der Waals surface area contributed by atoms with Gasteiger partial charge in [0.15, 0.2) is 0 Å². The average Bonchev–Trinajstić information content (AvgIpc) is 3.38. The zero-order valence-corrected chi connectivity index (χ0v) is 19.8. The smallest absolute Gasteiger partial charge is 0.269 e. The third kappa shape index (κ3) is 3.50. The first-order chi connectivity index (χ1) is 17.8. The van der Waals surface area contributed by atoms with E-state index in [2.05, 4.69) is 5.32 Å². The topological polar surface area (TPSA) is 113 Å². The molecule has 0 aliphatic carbocycles. The fourth-order valence-electron chi connectivity index (χ4n) is 5.64. The van der Waals surface area contributed by atoms with Crippen molar-refractivity contribution >= 4 is 46.5 Å². The maximum Gasteiger partial charge on any atom is 0.269 e. The zero-order chi connectivity index (χ0) is 25.8. The first-order valence-electron chi connectivity index (χ1n) is 11.9. The van der Waals surface area contributed by atoms with E-state index in [1.54, 1.807) is 12.1 Å². The number of nitrogens with one attached hydrogen (secondary N) is 1. The summed E-state index contributed by atoms with van der Waals surface area (Å²) in [6.45, 7) is 1.92. The first-order valence-corrected chi connectivity index (χ1v) is 11.9. The van der Waals surface area contributed by atoms with Gasteiger partial charge in [0.05, 0.1) is 28.5 Å². The van der Waals surface area contributed by atoms with Gasteiger partial charge in [-0.3, -0.25) is 24.5 Å². The Labute approximate surface area is 212 Å². The Morgan fingerprint density at radius 3 is 2.30 bits per heavy atom. The number of para-hydroxylation sites is 1. The molecule has 3 heterocycles. The average molecular weight is 495 g/mol. The maximum atomic E-state index is 13.8. The second-order valence-electron chi connectivity index (χ2n) is 9.45. The van der Waals surface area contributed by atoms with E-state index in [1.807, 2.05) is 60.4 Å². The molecule has 0 radical (unpaired) electrons. The van der Waals surface area contributed by atoms with Gasteiger partial charge in [0.25, 0.3) is 5.69 Å². The Bertz CT molecular complexity index is 1480. The second kappa shape index (κ2) is 8.41. The molecule has 9 nitrogen and oxygen atoms in total. The third-order valence-corrected chi connectivity index (χ3v) is 7.32. The molecule has 2 saturated heterocycles. The highest BCUT2D eigenvalue weighted by Crippen LogP contribution is 2.49. The SMILES string of the molecule is Cc1ccc(N2C(=O)[C@@H]3[C@H](C2=O)[C@@H]2C=Cc4ccccc4N2[C@@H]3C(=O)Nc2ccc([N+](=O)[O-])cc2)cc1. The van der Waals surface area contributed by atoms with Crippen LogP contribution in [-0.2, 0) is 14.4 Å². The van der Waals surface area contributed by atoms with Gasteiger partial charge in [-0.15, -0.1) is 0 Å². The summed E-state index contributed by atoms with van der Waals surface area (Å²) >= 11 is 0. The van der Waals surface area contributed by atoms with Crippen LogP contribution in [0.1, 0.15) is 11.1 Å². The number of carbonyl (C=O) groups is 3. The molecule has 37 heavy (non-hydrogen) atoms. The Balaban J connectivity index is 1.40. The van der Waals surface area contributed by atoms with Crippen LogP contribution in [0, 0.1) is 28.9 Å². The third-order valence-electron chi connectivity index (χ3n) is 7.32. The highest BCUT2D eigenvalue weighted by molar-refractivity contribution is 6.25. The highest BCUT2D eigenvalue weighted by Gasteiger charge is 2.64. The van der Waals surface area contributed by atoms with E-state index in [4.69, 9.17) is 0 Å². The van der Waals surface area contributed by atoms with Gasteiger partial charge in [-0.2, -0.15) is 0 Å². The van der Waals surface area contributed by atoms with Gasteiger partial charge < -0.3 is 10.2 Å². The lowest BCUT2D eigenvalue weighted by atomic mass is 9.88. The molecule has 0 saturated carbocycles. The number of fused-ring (bicyclic) bond motifs is 5. The van der Waals surface area contributed by atoms with E-state index in [0.29, 0.717) is 11.4 Å². The van der Waals surface area contributed by atoms with Crippen molar-refractivity contribution in [2.75, 3.05) is 15.1 Å². The lowest BCUT2D eigenvalue weighted by Crippen LogP contribution is -2.50. The molecule has 184 valence electrons. The number of benzene rings is 3. The van der Waals surface area contributed by atoms with Crippen molar-refractivity contribution in [3.05, 3.63) is 100 Å². The Morgan fingerprint density at radius 1 is 0.919 bits per heavy atom. The van der Waals surface area contributed by atoms with Crippen LogP contribution >= 0.6 is 0 Å². The number of nitro benzene ring substituents is 1. The van der Waals surface area contributed by atoms with Crippen LogP contribution in [0.3, 0.4) is 0 Å². The molecule has 3 aliphatic heterocycles. The van der Waals surface area contributed by atoms with Gasteiger partial charge in [0, 0.05) is 23.5 Å². The van der Waals surface area contributed by atoms with Crippen molar-refractivity contribution in [3.63, 3.8) is 0 Å². The summed E-state index contributed by atoms with van der Waals surface area (Å²) in [4.78, 5) is 54.9. The predicted molar refractivity (Wildman–Crippen MR) is 138 cm³/mol. The minimum Gasteiger partial charge on any atom is -0.351 e. The number of anilines is 3. The molecule has 0 aromatic heterocycles. The molecule has 1 N–H and O–H groups in total. The van der Waals surface area contributed by atoms with Gasteiger partial charge >= 0.3 is 0 Å². The number of rotatable bonds is 4. The Hall–Kier alpha value is -4.79. The van der Waals surface area contributed by atoms with Crippen molar-refractivity contribution in [2.45, 2.75) is 19.0 Å². The largest absolute Gasteiger partial charge is 0.351 e. The van der Waals surface area contributed by atoms with E-state index in [9.17, 15) is 24.5 Å². The van der Waals surface area contributed by atoms with E-state index in [-0.39, 0.29) is 11.6 Å². The van der Waals surface area contributed by atoms with Gasteiger partial charge in [0.1, 0.15) is 6.04 Å². The number of hydrogen-bond donors (Lipinski definition) is 1. The standard InChI is InChI=1S/C28H22N4O5/c1-16-6-11-19(12-7-16)30-27(34)23-22-15-8-17-4-2-3-5-21(17)31(22)25(24(23)28(30)35)26(33)29-18-9-13-20(14-10-18)32(36)37/h2-15,22-25H,1H3,(H,29,33)/t22-,23+,24+,25-/m0/s1. The molecule has 0 spiro atoms. The number of amides is 3. The molecule has 3 aliphatic rings. The van der Waals surface area contributed by atoms with Crippen molar-refractivity contribution in [3.8, 4) is 0 Å². The van der Waals surface area contributed by atoms with Gasteiger partial charge in [-0.1, -0.05) is 48.0 Å². The molecule has 0 unspecified atom stereocenters. The van der Waals surface area contributed by atoms with E-state index >= 15 is 0 Å². The van der Waals surface area contributed by atoms with E-state index in [1.165, 1.54) is 29.2 Å². The number of carbonyl (C=O) groups excluding carboxylic acids is 3. The number of nitrogens with zero attached hydrogens (tertiary/aromatic N) is 3. The number of hydrogen-bond acceptors (Lipinski definition) is 6. The molecule has 3 aromatic rings. The summed E-state index contributed by atoms with van der Waals surface area (Å²) < 4.78 is 0. The second-order valence-corrected chi connectivity index (χ2v) is 9.45. The molecule has 9 heteroatoms. The summed E-state index contributed by atoms with van der Waals surface area (Å²) in [5.74, 6) is -2.83. The summed E-state index contributed by atoms with van der Waals surface area (Å²) in [5, 5.41) is 13.8. The summed E-state index contributed by atoms with van der Waals surface area (Å²) in [5.41, 5.74) is 3.42. The van der Waals surface area contributed by atoms with Gasteiger partial charge in [-0.05, 0) is 42.8 Å². The number of nitro groups is 1. The van der Waals surface area contributed by atoms with Crippen LogP contribution < -0.4 is 15.1 Å². The first kappa shape index (κ1) is 22.7. The van der Waals surface area contributed by atoms with Crippen LogP contribution in [0.2, 0.25) is 0 Å². The lowest BCUT2D eigenvalue weighted by Gasteiger charge is -2.36. The fourth-order valence-corrected chi connectivity index (χ4v) is 5.64. The van der Waals surface area contributed by atoms with Crippen molar-refractivity contribution < 1.29 is 19.3 Å². The summed E-state index contributed by atoms with van der Waals surface area (Å²) in [7, 11) is 0. The molecule has 0 bridgehead atoms. The Morgan fingerprint density at radius 2 is 1.59 bits per heavy atom. The normalized spacial score (nSPS) is 23.5. The number of imide groups is 1. The van der Waals surface area contributed by atoms with Crippen LogP contribution in [0.4, 0.5) is 22.7 Å². The van der Waals surface area contributed by atoms with Crippen LogP contribution in [0.5, 0.6) is 0 Å². The predicted octanol–water partition coefficient (Wildman–Crippen LogP) is 3.93. The van der Waals surface area contributed by atoms with Crippen molar-refractivity contribution in [2.24, 2.45) is 11.8 Å². The van der Waals surface area contributed by atoms with Crippen molar-refractivity contribution in [1.82, 2.24) is 0 Å². The van der Waals surface area contributed by atoms with Gasteiger partial charge in [-0.25, -0.2) is 4.90 Å². The van der Waals surface area contributed by atoms with Crippen molar-refractivity contribution in [1.29, 1.82) is 0 Å². The summed E-state index contributed by atoms with van der Waals surface area (Å²) in [6.07, 6.45) is 3.82. The van der Waals surface area contributed by atoms with Crippen LogP contribution in [-0.4, -0.2) is 34.7 Å². The highest BCUT2D eigenvalue weighted by atomic mass is 16.6. The molecule has 2 fully saturated rings. The Kier molecular flexibility index (Phi) is 5.15. The van der Waals surface area contributed by atoms with Crippen LogP contribution in [0.15, 0.2) is 78.9 Å². The lowest BCUT2D eigenvalue weighted by molar-refractivity contribution is -0.384. The molecule has 6 rings (SSSR count). The monoisotopic (exact) mass is 494 g/mol. The number of aryl methyl sites for hydroxylation is 1. The molecular formula is C28H22N4O5. The molecule has 3 aromatic carbocycles. The molecule has 4 atom stereocenters. The fraction of sp³-hybridized carbons (Fsp3) is 0.179.